The van der Waals surface area contributed by atoms with Crippen LogP contribution in [-0.4, -0.2) is 18.8 Å². The van der Waals surface area contributed by atoms with Crippen LogP contribution < -0.4 is 5.73 Å². The van der Waals surface area contributed by atoms with Crippen molar-refractivity contribution < 1.29 is 4.74 Å². The first kappa shape index (κ1) is 18.9. The van der Waals surface area contributed by atoms with Crippen LogP contribution in [0.25, 0.3) is 0 Å². The predicted octanol–water partition coefficient (Wildman–Crippen LogP) is 4.91. The number of hydrogen-bond donors (Lipinski definition) is 1. The van der Waals surface area contributed by atoms with Crippen LogP contribution in [0.15, 0.2) is 0 Å². The molecule has 0 aliphatic heterocycles. The topological polar surface area (TPSA) is 35.2 Å². The van der Waals surface area contributed by atoms with Crippen LogP contribution in [0.5, 0.6) is 0 Å². The Bertz CT molecular complexity index is 192. The van der Waals surface area contributed by atoms with Crippen molar-refractivity contribution in [3.05, 3.63) is 0 Å². The molecule has 0 bridgehead atoms. The lowest BCUT2D eigenvalue weighted by Crippen LogP contribution is -2.35. The van der Waals surface area contributed by atoms with Crippen LogP contribution in [0.3, 0.4) is 0 Å². The van der Waals surface area contributed by atoms with Gasteiger partial charge in [-0.15, -0.1) is 0 Å². The molecule has 0 aromatic rings. The molecule has 2 N–H and O–H groups in total. The summed E-state index contributed by atoms with van der Waals surface area (Å²) in [6, 6.07) is 0. The van der Waals surface area contributed by atoms with Crippen molar-refractivity contribution >= 4 is 0 Å². The van der Waals surface area contributed by atoms with Gasteiger partial charge in [0.05, 0.1) is 5.60 Å². The van der Waals surface area contributed by atoms with Crippen molar-refractivity contribution in [3.63, 3.8) is 0 Å². The second-order valence-electron chi connectivity index (χ2n) is 6.22. The highest BCUT2D eigenvalue weighted by Gasteiger charge is 2.28. The van der Waals surface area contributed by atoms with E-state index in [4.69, 9.17) is 10.5 Å². The number of rotatable bonds is 13. The van der Waals surface area contributed by atoms with Crippen LogP contribution in [-0.2, 0) is 4.74 Å². The molecule has 0 heterocycles. The fraction of sp³-hybridized carbons (Fsp3) is 1.00. The SMILES string of the molecule is CCCCCCCCC(CCCN)C(C)(C)OCC. The van der Waals surface area contributed by atoms with Gasteiger partial charge in [-0.05, 0) is 52.5 Å². The molecule has 0 amide bonds. The van der Waals surface area contributed by atoms with E-state index in [9.17, 15) is 0 Å². The monoisotopic (exact) mass is 271 g/mol. The second-order valence-corrected chi connectivity index (χ2v) is 6.22. The molecular formula is C17H37NO. The van der Waals surface area contributed by atoms with E-state index in [1.165, 1.54) is 51.4 Å². The van der Waals surface area contributed by atoms with Gasteiger partial charge in [0.25, 0.3) is 0 Å². The zero-order valence-electron chi connectivity index (χ0n) is 13.8. The van der Waals surface area contributed by atoms with E-state index in [-0.39, 0.29) is 5.60 Å². The van der Waals surface area contributed by atoms with Crippen LogP contribution >= 0.6 is 0 Å². The summed E-state index contributed by atoms with van der Waals surface area (Å²) < 4.78 is 5.94. The molecule has 2 nitrogen and oxygen atoms in total. The van der Waals surface area contributed by atoms with E-state index in [0.717, 1.165) is 19.6 Å². The summed E-state index contributed by atoms with van der Waals surface area (Å²) in [5.41, 5.74) is 5.67. The summed E-state index contributed by atoms with van der Waals surface area (Å²) in [6.07, 6.45) is 11.9. The molecular weight excluding hydrogens is 234 g/mol. The quantitative estimate of drug-likeness (QED) is 0.483. The van der Waals surface area contributed by atoms with Gasteiger partial charge >= 0.3 is 0 Å². The fourth-order valence-corrected chi connectivity index (χ4v) is 2.86. The smallest absolute Gasteiger partial charge is 0.0654 e. The van der Waals surface area contributed by atoms with Crippen molar-refractivity contribution in [2.24, 2.45) is 11.7 Å². The standard InChI is InChI=1S/C17H37NO/c1-5-7-8-9-10-11-13-16(14-12-15-18)17(3,4)19-6-2/h16H,5-15,18H2,1-4H3. The average molecular weight is 271 g/mol. The van der Waals surface area contributed by atoms with Crippen LogP contribution in [0, 0.1) is 5.92 Å². The van der Waals surface area contributed by atoms with Crippen molar-refractivity contribution in [1.82, 2.24) is 0 Å². The average Bonchev–Trinajstić information content (AvgIpc) is 2.36. The minimum atomic E-state index is 0.00728. The molecule has 0 radical (unpaired) electrons. The van der Waals surface area contributed by atoms with Gasteiger partial charge < -0.3 is 10.5 Å². The Labute approximate surface area is 121 Å². The van der Waals surface area contributed by atoms with Gasteiger partial charge in [0.2, 0.25) is 0 Å². The molecule has 1 unspecified atom stereocenters. The first-order valence-corrected chi connectivity index (χ1v) is 8.42. The zero-order chi connectivity index (χ0) is 14.6. The van der Waals surface area contributed by atoms with Crippen molar-refractivity contribution in [3.8, 4) is 0 Å². The fourth-order valence-electron chi connectivity index (χ4n) is 2.86. The van der Waals surface area contributed by atoms with Crippen molar-refractivity contribution in [1.29, 1.82) is 0 Å². The van der Waals surface area contributed by atoms with Gasteiger partial charge in [0.15, 0.2) is 0 Å². The Morgan fingerprint density at radius 1 is 0.895 bits per heavy atom. The zero-order valence-corrected chi connectivity index (χ0v) is 13.8. The molecule has 0 aromatic carbocycles. The maximum absolute atomic E-state index is 5.94. The first-order valence-electron chi connectivity index (χ1n) is 8.42. The molecule has 0 aromatic heterocycles. The normalized spacial score (nSPS) is 13.7. The molecule has 1 atom stereocenters. The lowest BCUT2D eigenvalue weighted by molar-refractivity contribution is -0.0602. The Kier molecular flexibility index (Phi) is 11.7. The Hall–Kier alpha value is -0.0800. The molecule has 116 valence electrons. The molecule has 19 heavy (non-hydrogen) atoms. The minimum Gasteiger partial charge on any atom is -0.376 e. The largest absolute Gasteiger partial charge is 0.376 e. The van der Waals surface area contributed by atoms with Crippen LogP contribution in [0.2, 0.25) is 0 Å². The molecule has 2 heteroatoms. The number of nitrogens with two attached hydrogens (primary N) is 1. The van der Waals surface area contributed by atoms with Gasteiger partial charge in [-0.3, -0.25) is 0 Å². The highest BCUT2D eigenvalue weighted by atomic mass is 16.5. The summed E-state index contributed by atoms with van der Waals surface area (Å²) in [7, 11) is 0. The predicted molar refractivity (Wildman–Crippen MR) is 85.5 cm³/mol. The highest BCUT2D eigenvalue weighted by molar-refractivity contribution is 4.79. The third-order valence-electron chi connectivity index (χ3n) is 4.16. The first-order chi connectivity index (χ1) is 9.08. The molecule has 0 rings (SSSR count). The lowest BCUT2D eigenvalue weighted by Gasteiger charge is -2.34. The van der Waals surface area contributed by atoms with Crippen molar-refractivity contribution in [2.75, 3.05) is 13.2 Å². The van der Waals surface area contributed by atoms with Gasteiger partial charge in [-0.25, -0.2) is 0 Å². The van der Waals surface area contributed by atoms with E-state index in [1.54, 1.807) is 0 Å². The van der Waals surface area contributed by atoms with E-state index in [2.05, 4.69) is 27.7 Å². The Morgan fingerprint density at radius 3 is 2.05 bits per heavy atom. The van der Waals surface area contributed by atoms with Crippen molar-refractivity contribution in [2.45, 2.75) is 91.1 Å². The molecule has 0 saturated carbocycles. The Morgan fingerprint density at radius 2 is 1.47 bits per heavy atom. The summed E-state index contributed by atoms with van der Waals surface area (Å²) in [6.45, 7) is 10.5. The van der Waals surface area contributed by atoms with Gasteiger partial charge in [-0.1, -0.05) is 45.4 Å². The summed E-state index contributed by atoms with van der Waals surface area (Å²) in [4.78, 5) is 0. The third-order valence-corrected chi connectivity index (χ3v) is 4.16. The minimum absolute atomic E-state index is 0.00728. The van der Waals surface area contributed by atoms with Gasteiger partial charge in [-0.2, -0.15) is 0 Å². The number of unbranched alkanes of at least 4 members (excludes halogenated alkanes) is 5. The van der Waals surface area contributed by atoms with Crippen LogP contribution in [0.4, 0.5) is 0 Å². The summed E-state index contributed by atoms with van der Waals surface area (Å²) in [5.74, 6) is 0.655. The third kappa shape index (κ3) is 9.45. The Balaban J connectivity index is 3.98. The van der Waals surface area contributed by atoms with E-state index < -0.39 is 0 Å². The van der Waals surface area contributed by atoms with Gasteiger partial charge in [0, 0.05) is 6.61 Å². The molecule has 0 aliphatic carbocycles. The molecule has 0 spiro atoms. The lowest BCUT2D eigenvalue weighted by atomic mass is 9.82. The maximum Gasteiger partial charge on any atom is 0.0654 e. The van der Waals surface area contributed by atoms with E-state index >= 15 is 0 Å². The molecule has 0 saturated heterocycles. The highest BCUT2D eigenvalue weighted by Crippen LogP contribution is 2.30. The molecule has 0 fully saturated rings. The summed E-state index contributed by atoms with van der Waals surface area (Å²) in [5, 5.41) is 0. The number of hydrogen-bond acceptors (Lipinski definition) is 2. The van der Waals surface area contributed by atoms with Crippen LogP contribution in [0.1, 0.15) is 85.5 Å². The maximum atomic E-state index is 5.94. The summed E-state index contributed by atoms with van der Waals surface area (Å²) >= 11 is 0. The second kappa shape index (κ2) is 11.7. The van der Waals surface area contributed by atoms with E-state index in [1.807, 2.05) is 0 Å². The van der Waals surface area contributed by atoms with Gasteiger partial charge in [0.1, 0.15) is 0 Å². The molecule has 0 aliphatic rings. The number of ether oxygens (including phenoxy) is 1. The van der Waals surface area contributed by atoms with E-state index in [0.29, 0.717) is 5.92 Å².